The van der Waals surface area contributed by atoms with Crippen LogP contribution in [0.15, 0.2) is 54.6 Å². The summed E-state index contributed by atoms with van der Waals surface area (Å²) >= 11 is 0. The van der Waals surface area contributed by atoms with Gasteiger partial charge >= 0.3 is 0 Å². The first-order valence-electron chi connectivity index (χ1n) is 6.78. The number of benzene rings is 3. The zero-order valence-corrected chi connectivity index (χ0v) is 11.3. The number of carbonyl (C=O) groups is 1. The molecule has 0 aromatic heterocycles. The van der Waals surface area contributed by atoms with Gasteiger partial charge in [0.1, 0.15) is 0 Å². The summed E-state index contributed by atoms with van der Waals surface area (Å²) in [5.41, 5.74) is 0.722. The van der Waals surface area contributed by atoms with Crippen LogP contribution in [-0.2, 0) is 0 Å². The van der Waals surface area contributed by atoms with Crippen molar-refractivity contribution in [1.82, 2.24) is 0 Å². The van der Waals surface area contributed by atoms with Gasteiger partial charge < -0.3 is 5.11 Å². The second-order valence-electron chi connectivity index (χ2n) is 5.17. The Morgan fingerprint density at radius 3 is 2.00 bits per heavy atom. The van der Waals surface area contributed by atoms with Crippen LogP contribution < -0.4 is 0 Å². The highest BCUT2D eigenvalue weighted by atomic mass is 16.3. The quantitative estimate of drug-likeness (QED) is 0.574. The van der Waals surface area contributed by atoms with Crippen LogP contribution >= 0.6 is 0 Å². The highest BCUT2D eigenvalue weighted by Crippen LogP contribution is 2.29. The van der Waals surface area contributed by atoms with Crippen molar-refractivity contribution in [3.05, 3.63) is 60.2 Å². The Hall–Kier alpha value is -2.19. The van der Waals surface area contributed by atoms with E-state index in [4.69, 9.17) is 0 Å². The predicted octanol–water partition coefficient (Wildman–Crippen LogP) is 3.95. The molecule has 0 amide bonds. The van der Waals surface area contributed by atoms with Crippen molar-refractivity contribution in [1.29, 1.82) is 0 Å². The van der Waals surface area contributed by atoms with Gasteiger partial charge in [0.25, 0.3) is 0 Å². The average Bonchev–Trinajstić information content (AvgIpc) is 2.43. The van der Waals surface area contributed by atoms with E-state index in [-0.39, 0.29) is 12.2 Å². The Bertz CT molecular complexity index is 734. The van der Waals surface area contributed by atoms with Gasteiger partial charge in [-0.15, -0.1) is 0 Å². The van der Waals surface area contributed by atoms with Gasteiger partial charge in [0, 0.05) is 12.0 Å². The molecule has 1 atom stereocenters. The maximum atomic E-state index is 12.5. The molecule has 100 valence electrons. The second-order valence-corrected chi connectivity index (χ2v) is 5.17. The maximum Gasteiger partial charge on any atom is 0.166 e. The zero-order valence-electron chi connectivity index (χ0n) is 11.3. The Kier molecular flexibility index (Phi) is 3.25. The molecule has 0 fully saturated rings. The number of ketones is 1. The normalized spacial score (nSPS) is 12.7. The van der Waals surface area contributed by atoms with Gasteiger partial charge in [-0.25, -0.2) is 0 Å². The number of rotatable bonds is 3. The third kappa shape index (κ3) is 2.19. The van der Waals surface area contributed by atoms with E-state index >= 15 is 0 Å². The van der Waals surface area contributed by atoms with Crippen molar-refractivity contribution in [2.75, 3.05) is 0 Å². The molecule has 2 heteroatoms. The summed E-state index contributed by atoms with van der Waals surface area (Å²) in [4.78, 5) is 12.5. The van der Waals surface area contributed by atoms with Gasteiger partial charge in [-0.2, -0.15) is 0 Å². The van der Waals surface area contributed by atoms with Gasteiger partial charge in [0.15, 0.2) is 5.78 Å². The largest absolute Gasteiger partial charge is 0.393 e. The minimum absolute atomic E-state index is 0.00648. The summed E-state index contributed by atoms with van der Waals surface area (Å²) in [6, 6.07) is 17.9. The van der Waals surface area contributed by atoms with Gasteiger partial charge in [-0.1, -0.05) is 48.5 Å². The summed E-state index contributed by atoms with van der Waals surface area (Å²) in [6.45, 7) is 1.64. The monoisotopic (exact) mass is 264 g/mol. The highest BCUT2D eigenvalue weighted by Gasteiger charge is 2.16. The van der Waals surface area contributed by atoms with E-state index in [1.54, 1.807) is 6.92 Å². The fourth-order valence-corrected chi connectivity index (χ4v) is 2.68. The highest BCUT2D eigenvalue weighted by molar-refractivity contribution is 6.18. The van der Waals surface area contributed by atoms with E-state index in [0.29, 0.717) is 0 Å². The third-order valence-corrected chi connectivity index (χ3v) is 3.53. The van der Waals surface area contributed by atoms with E-state index in [1.807, 2.05) is 48.5 Å². The number of Topliss-reactive ketones (excluding diaryl/α,β-unsaturated/α-hetero) is 1. The first kappa shape index (κ1) is 12.8. The molecular formula is C18H16O2. The molecule has 3 rings (SSSR count). The molecule has 0 radical (unpaired) electrons. The third-order valence-electron chi connectivity index (χ3n) is 3.53. The summed E-state index contributed by atoms with van der Waals surface area (Å²) in [7, 11) is 0. The van der Waals surface area contributed by atoms with Crippen LogP contribution in [0.25, 0.3) is 21.5 Å². The number of fused-ring (bicyclic) bond motifs is 2. The molecule has 3 aromatic carbocycles. The summed E-state index contributed by atoms with van der Waals surface area (Å²) in [5.74, 6) is -0.00648. The van der Waals surface area contributed by atoms with Crippen LogP contribution in [-0.4, -0.2) is 17.0 Å². The van der Waals surface area contributed by atoms with Crippen LogP contribution in [0.1, 0.15) is 23.7 Å². The Labute approximate surface area is 117 Å². The lowest BCUT2D eigenvalue weighted by Crippen LogP contribution is -2.10. The van der Waals surface area contributed by atoms with Crippen molar-refractivity contribution in [3.8, 4) is 0 Å². The van der Waals surface area contributed by atoms with Gasteiger partial charge in [-0.3, -0.25) is 4.79 Å². The molecule has 0 aliphatic heterocycles. The maximum absolute atomic E-state index is 12.5. The van der Waals surface area contributed by atoms with Crippen molar-refractivity contribution < 1.29 is 9.90 Å². The summed E-state index contributed by atoms with van der Waals surface area (Å²) in [6.07, 6.45) is -0.474. The van der Waals surface area contributed by atoms with Crippen molar-refractivity contribution >= 4 is 27.3 Å². The molecule has 0 heterocycles. The molecule has 0 saturated carbocycles. The topological polar surface area (TPSA) is 37.3 Å². The predicted molar refractivity (Wildman–Crippen MR) is 82.1 cm³/mol. The minimum atomic E-state index is -0.625. The molecule has 2 nitrogen and oxygen atoms in total. The van der Waals surface area contributed by atoms with Gasteiger partial charge in [0.2, 0.25) is 0 Å². The molecule has 1 N–H and O–H groups in total. The van der Waals surface area contributed by atoms with E-state index in [2.05, 4.69) is 6.07 Å². The lowest BCUT2D eigenvalue weighted by Gasteiger charge is -2.11. The van der Waals surface area contributed by atoms with Crippen molar-refractivity contribution in [3.63, 3.8) is 0 Å². The fraction of sp³-hybridized carbons (Fsp3) is 0.167. The molecule has 3 aromatic rings. The van der Waals surface area contributed by atoms with Crippen LogP contribution in [0.4, 0.5) is 0 Å². The van der Waals surface area contributed by atoms with Gasteiger partial charge in [-0.05, 0) is 34.5 Å². The molecule has 0 spiro atoms. The summed E-state index contributed by atoms with van der Waals surface area (Å²) in [5, 5.41) is 13.5. The molecule has 0 aliphatic rings. The molecule has 20 heavy (non-hydrogen) atoms. The first-order valence-corrected chi connectivity index (χ1v) is 6.78. The number of carbonyl (C=O) groups excluding carboxylic acids is 1. The number of hydrogen-bond donors (Lipinski definition) is 1. The Morgan fingerprint density at radius 1 is 1.00 bits per heavy atom. The lowest BCUT2D eigenvalue weighted by atomic mass is 9.92. The zero-order chi connectivity index (χ0) is 14.1. The number of aliphatic hydroxyl groups excluding tert-OH is 1. The van der Waals surface area contributed by atoms with E-state index < -0.39 is 6.10 Å². The van der Waals surface area contributed by atoms with Crippen LogP contribution in [0.5, 0.6) is 0 Å². The lowest BCUT2D eigenvalue weighted by molar-refractivity contribution is 0.0904. The first-order chi connectivity index (χ1) is 9.66. The van der Waals surface area contributed by atoms with E-state index in [9.17, 15) is 9.90 Å². The molecule has 0 aliphatic carbocycles. The van der Waals surface area contributed by atoms with Gasteiger partial charge in [0.05, 0.1) is 6.10 Å². The Morgan fingerprint density at radius 2 is 1.50 bits per heavy atom. The summed E-state index contributed by atoms with van der Waals surface area (Å²) < 4.78 is 0. The average molecular weight is 264 g/mol. The van der Waals surface area contributed by atoms with Crippen LogP contribution in [0, 0.1) is 0 Å². The molecule has 0 saturated heterocycles. The van der Waals surface area contributed by atoms with Crippen molar-refractivity contribution in [2.24, 2.45) is 0 Å². The standard InChI is InChI=1S/C18H16O2/c1-12(19)10-17(20)18-15-8-4-2-6-13(15)11-14-7-3-5-9-16(14)18/h2-9,11-12,19H,10H2,1H3. The Balaban J connectivity index is 2.36. The number of aliphatic hydroxyl groups is 1. The minimum Gasteiger partial charge on any atom is -0.393 e. The van der Waals surface area contributed by atoms with Crippen molar-refractivity contribution in [2.45, 2.75) is 19.4 Å². The molecule has 0 bridgehead atoms. The smallest absolute Gasteiger partial charge is 0.166 e. The molecular weight excluding hydrogens is 248 g/mol. The van der Waals surface area contributed by atoms with Crippen LogP contribution in [0.2, 0.25) is 0 Å². The van der Waals surface area contributed by atoms with Crippen LogP contribution in [0.3, 0.4) is 0 Å². The number of hydrogen-bond acceptors (Lipinski definition) is 2. The van der Waals surface area contributed by atoms with E-state index in [0.717, 1.165) is 27.1 Å². The SMILES string of the molecule is CC(O)CC(=O)c1c2ccccc2cc2ccccc12. The van der Waals surface area contributed by atoms with E-state index in [1.165, 1.54) is 0 Å². The fourth-order valence-electron chi connectivity index (χ4n) is 2.68. The second kappa shape index (κ2) is 5.06. The molecule has 1 unspecified atom stereocenters.